The highest BCUT2D eigenvalue weighted by Gasteiger charge is 2.29. The Hall–Kier alpha value is -2.15. The molecular formula is C13H14N4O2S. The summed E-state index contributed by atoms with van der Waals surface area (Å²) in [6.07, 6.45) is 3.29. The Morgan fingerprint density at radius 2 is 2.25 bits per heavy atom. The molecule has 0 bridgehead atoms. The van der Waals surface area contributed by atoms with Crippen LogP contribution in [0.25, 0.3) is 0 Å². The Kier molecular flexibility index (Phi) is 3.27. The molecule has 0 saturated carbocycles. The second-order valence-corrected chi connectivity index (χ2v) is 5.17. The first kappa shape index (κ1) is 12.9. The molecule has 6 nitrogen and oxygen atoms in total. The Bertz CT molecular complexity index is 627. The lowest BCUT2D eigenvalue weighted by Crippen LogP contribution is -2.45. The lowest BCUT2D eigenvalue weighted by atomic mass is 10.2. The van der Waals surface area contributed by atoms with Crippen molar-refractivity contribution in [2.45, 2.75) is 11.1 Å². The van der Waals surface area contributed by atoms with E-state index < -0.39 is 0 Å². The van der Waals surface area contributed by atoms with Crippen molar-refractivity contribution >= 4 is 23.6 Å². The quantitative estimate of drug-likeness (QED) is 0.732. The van der Waals surface area contributed by atoms with Crippen molar-refractivity contribution in [1.82, 2.24) is 16.0 Å². The summed E-state index contributed by atoms with van der Waals surface area (Å²) in [5, 5.41) is 8.52. The summed E-state index contributed by atoms with van der Waals surface area (Å²) >= 11 is 1.65. The molecule has 2 aliphatic rings. The Morgan fingerprint density at radius 1 is 1.40 bits per heavy atom. The average Bonchev–Trinajstić information content (AvgIpc) is 2.89. The number of nitrogens with zero attached hydrogens (tertiary/aromatic N) is 1. The molecule has 2 amide bonds. The summed E-state index contributed by atoms with van der Waals surface area (Å²) in [6, 6.07) is 5.68. The summed E-state index contributed by atoms with van der Waals surface area (Å²) in [4.78, 5) is 16.9. The summed E-state index contributed by atoms with van der Waals surface area (Å²) in [5.74, 6) is 1.44. The van der Waals surface area contributed by atoms with Crippen LogP contribution in [-0.4, -0.2) is 31.4 Å². The largest absolute Gasteiger partial charge is 0.496 e. The first-order valence-corrected chi connectivity index (χ1v) is 7.28. The number of rotatable bonds is 3. The van der Waals surface area contributed by atoms with Crippen LogP contribution in [0.3, 0.4) is 0 Å². The summed E-state index contributed by atoms with van der Waals surface area (Å²) in [7, 11) is 1.63. The Balaban J connectivity index is 1.98. The fourth-order valence-electron chi connectivity index (χ4n) is 2.11. The second kappa shape index (κ2) is 5.09. The molecule has 0 aliphatic carbocycles. The summed E-state index contributed by atoms with van der Waals surface area (Å²) in [5.41, 5.74) is 1.69. The summed E-state index contributed by atoms with van der Waals surface area (Å²) < 4.78 is 5.38. The monoisotopic (exact) mass is 290 g/mol. The number of hydrogen-bond donors (Lipinski definition) is 3. The van der Waals surface area contributed by atoms with Crippen molar-refractivity contribution in [1.29, 1.82) is 0 Å². The number of urea groups is 1. The van der Waals surface area contributed by atoms with Gasteiger partial charge in [-0.1, -0.05) is 0 Å². The lowest BCUT2D eigenvalue weighted by molar-refractivity contribution is 0.240. The number of ether oxygens (including phenoxy) is 1. The number of hydrogen-bond acceptors (Lipinski definition) is 5. The van der Waals surface area contributed by atoms with E-state index in [4.69, 9.17) is 4.74 Å². The molecular weight excluding hydrogens is 276 g/mol. The minimum atomic E-state index is -0.360. The molecule has 7 heteroatoms. The fraction of sp³-hybridized carbons (Fsp3) is 0.231. The first-order valence-electron chi connectivity index (χ1n) is 6.05. The van der Waals surface area contributed by atoms with Crippen LogP contribution in [0.1, 0.15) is 5.56 Å². The van der Waals surface area contributed by atoms with Crippen molar-refractivity contribution in [2.75, 3.05) is 13.4 Å². The molecule has 1 aromatic rings. The van der Waals surface area contributed by atoms with Gasteiger partial charge in [-0.05, 0) is 24.5 Å². The Morgan fingerprint density at radius 3 is 3.00 bits per heavy atom. The van der Waals surface area contributed by atoms with Gasteiger partial charge in [-0.3, -0.25) is 0 Å². The van der Waals surface area contributed by atoms with E-state index in [-0.39, 0.29) is 12.2 Å². The molecule has 2 heterocycles. The topological polar surface area (TPSA) is 74.8 Å². The number of amidine groups is 1. The number of fused-ring (bicyclic) bond motifs is 1. The smallest absolute Gasteiger partial charge is 0.320 e. The van der Waals surface area contributed by atoms with Crippen molar-refractivity contribution in [3.8, 4) is 5.75 Å². The lowest BCUT2D eigenvalue weighted by Gasteiger charge is -2.16. The van der Waals surface area contributed by atoms with Gasteiger partial charge in [0.05, 0.1) is 18.4 Å². The number of thioether (sulfide) groups is 1. The van der Waals surface area contributed by atoms with Crippen LogP contribution in [0.15, 0.2) is 40.0 Å². The Labute approximate surface area is 120 Å². The van der Waals surface area contributed by atoms with E-state index in [9.17, 15) is 4.79 Å². The highest BCUT2D eigenvalue weighted by atomic mass is 32.2. The van der Waals surface area contributed by atoms with E-state index in [1.54, 1.807) is 25.1 Å². The molecule has 0 fully saturated rings. The minimum Gasteiger partial charge on any atom is -0.496 e. The fourth-order valence-corrected chi connectivity index (χ4v) is 2.55. The van der Waals surface area contributed by atoms with Gasteiger partial charge in [0.25, 0.3) is 0 Å². The molecule has 1 unspecified atom stereocenters. The second-order valence-electron chi connectivity index (χ2n) is 4.29. The number of amides is 2. The third-order valence-electron chi connectivity index (χ3n) is 3.10. The highest BCUT2D eigenvalue weighted by molar-refractivity contribution is 7.98. The van der Waals surface area contributed by atoms with Gasteiger partial charge in [0.2, 0.25) is 0 Å². The van der Waals surface area contributed by atoms with Crippen LogP contribution in [0.2, 0.25) is 0 Å². The maximum absolute atomic E-state index is 11.3. The number of carbonyl (C=O) groups is 1. The van der Waals surface area contributed by atoms with Gasteiger partial charge >= 0.3 is 6.03 Å². The molecule has 20 heavy (non-hydrogen) atoms. The zero-order valence-electron chi connectivity index (χ0n) is 11.1. The van der Waals surface area contributed by atoms with Gasteiger partial charge in [0.15, 0.2) is 6.17 Å². The van der Waals surface area contributed by atoms with E-state index in [2.05, 4.69) is 20.9 Å². The van der Waals surface area contributed by atoms with Gasteiger partial charge < -0.3 is 20.7 Å². The maximum Gasteiger partial charge on any atom is 0.320 e. The van der Waals surface area contributed by atoms with Crippen molar-refractivity contribution in [3.63, 3.8) is 0 Å². The zero-order chi connectivity index (χ0) is 14.1. The van der Waals surface area contributed by atoms with Gasteiger partial charge in [0, 0.05) is 11.1 Å². The molecule has 0 radical (unpaired) electrons. The summed E-state index contributed by atoms with van der Waals surface area (Å²) in [6.45, 7) is 0. The van der Waals surface area contributed by atoms with Crippen molar-refractivity contribution in [2.24, 2.45) is 4.99 Å². The van der Waals surface area contributed by atoms with Gasteiger partial charge in [-0.2, -0.15) is 0 Å². The molecule has 1 atom stereocenters. The first-order chi connectivity index (χ1) is 9.71. The van der Waals surface area contributed by atoms with E-state index >= 15 is 0 Å². The number of nitrogens with one attached hydrogen (secondary N) is 3. The van der Waals surface area contributed by atoms with Crippen LogP contribution in [0.4, 0.5) is 4.79 Å². The van der Waals surface area contributed by atoms with Crippen LogP contribution in [-0.2, 0) is 0 Å². The van der Waals surface area contributed by atoms with Crippen LogP contribution in [0.5, 0.6) is 5.75 Å². The maximum atomic E-state index is 11.3. The minimum absolute atomic E-state index is 0.254. The number of aliphatic imine (C=N–C) groups is 1. The SMILES string of the molecule is COc1ccc(SC)cc1C1=NC2NC(=O)NC=C2N1. The standard InChI is InChI=1S/C13H14N4O2S/c1-19-10-4-3-7(20-2)5-8(10)11-15-9-6-14-13(18)17-12(9)16-11/h3-6,12H,1-2H3,(H,15,16)(H2,14,17,18). The molecule has 1 aromatic carbocycles. The molecule has 0 saturated heterocycles. The van der Waals surface area contributed by atoms with Gasteiger partial charge in [0.1, 0.15) is 11.6 Å². The number of carbonyl (C=O) groups excluding carboxylic acids is 1. The van der Waals surface area contributed by atoms with E-state index in [1.807, 2.05) is 24.5 Å². The highest BCUT2D eigenvalue weighted by Crippen LogP contribution is 2.27. The predicted octanol–water partition coefficient (Wildman–Crippen LogP) is 1.25. The van der Waals surface area contributed by atoms with E-state index in [0.29, 0.717) is 5.84 Å². The van der Waals surface area contributed by atoms with E-state index in [0.717, 1.165) is 21.9 Å². The van der Waals surface area contributed by atoms with E-state index in [1.165, 1.54) is 0 Å². The van der Waals surface area contributed by atoms with Crippen LogP contribution >= 0.6 is 11.8 Å². The zero-order valence-corrected chi connectivity index (χ0v) is 11.9. The van der Waals surface area contributed by atoms with Crippen molar-refractivity contribution < 1.29 is 9.53 Å². The van der Waals surface area contributed by atoms with Gasteiger partial charge in [-0.25, -0.2) is 9.79 Å². The molecule has 3 N–H and O–H groups in total. The van der Waals surface area contributed by atoms with Crippen molar-refractivity contribution in [3.05, 3.63) is 35.7 Å². The van der Waals surface area contributed by atoms with Gasteiger partial charge in [-0.15, -0.1) is 11.8 Å². The predicted molar refractivity (Wildman–Crippen MR) is 78.0 cm³/mol. The average molecular weight is 290 g/mol. The molecule has 104 valence electrons. The number of benzene rings is 1. The normalized spacial score (nSPS) is 20.1. The third-order valence-corrected chi connectivity index (χ3v) is 3.83. The molecule has 2 aliphatic heterocycles. The van der Waals surface area contributed by atoms with Crippen LogP contribution in [0, 0.1) is 0 Å². The third kappa shape index (κ3) is 2.20. The molecule has 3 rings (SSSR count). The van der Waals surface area contributed by atoms with Crippen LogP contribution < -0.4 is 20.7 Å². The molecule has 0 aromatic heterocycles. The molecule has 0 spiro atoms. The number of methoxy groups -OCH3 is 1.